The number of hydrogen-bond donors (Lipinski definition) is 0. The SMILES string of the molecule is Cc1cccc(C(CC(C(=O)c2ccccc2)C(=O)c2ccccc2)Sc2ccc(Cl)cc2)c1. The molecule has 4 aromatic carbocycles. The average molecular weight is 485 g/mol. The second-order valence-corrected chi connectivity index (χ2v) is 9.94. The molecule has 0 N–H and O–H groups in total. The Hall–Kier alpha value is -3.14. The first kappa shape index (κ1) is 24.0. The van der Waals surface area contributed by atoms with Gasteiger partial charge in [0.15, 0.2) is 11.6 Å². The Balaban J connectivity index is 1.73. The largest absolute Gasteiger partial charge is 0.293 e. The lowest BCUT2D eigenvalue weighted by Crippen LogP contribution is -2.26. The summed E-state index contributed by atoms with van der Waals surface area (Å²) in [6.07, 6.45) is 0.387. The van der Waals surface area contributed by atoms with E-state index >= 15 is 0 Å². The van der Waals surface area contributed by atoms with Crippen molar-refractivity contribution in [2.75, 3.05) is 0 Å². The van der Waals surface area contributed by atoms with Gasteiger partial charge >= 0.3 is 0 Å². The zero-order chi connectivity index (χ0) is 23.9. The second kappa shape index (κ2) is 11.3. The van der Waals surface area contributed by atoms with Gasteiger partial charge in [0.2, 0.25) is 0 Å². The van der Waals surface area contributed by atoms with Crippen LogP contribution in [0.15, 0.2) is 114 Å². The molecule has 0 radical (unpaired) electrons. The Morgan fingerprint density at radius 3 is 1.82 bits per heavy atom. The Labute approximate surface area is 210 Å². The molecule has 1 atom stereocenters. The molecule has 4 rings (SSSR count). The molecular weight excluding hydrogens is 460 g/mol. The molecule has 0 heterocycles. The van der Waals surface area contributed by atoms with Crippen LogP contribution in [0.4, 0.5) is 0 Å². The summed E-state index contributed by atoms with van der Waals surface area (Å²) in [4.78, 5) is 28.3. The molecule has 0 amide bonds. The Kier molecular flexibility index (Phi) is 7.99. The van der Waals surface area contributed by atoms with E-state index in [1.54, 1.807) is 36.0 Å². The van der Waals surface area contributed by atoms with Gasteiger partial charge in [0, 0.05) is 26.3 Å². The molecule has 0 saturated heterocycles. The molecule has 4 aromatic rings. The van der Waals surface area contributed by atoms with Crippen LogP contribution in [0.5, 0.6) is 0 Å². The predicted octanol–water partition coefficient (Wildman–Crippen LogP) is 8.25. The number of Topliss-reactive ketones (excluding diaryl/α,β-unsaturated/α-hetero) is 2. The third-order valence-electron chi connectivity index (χ3n) is 5.71. The summed E-state index contributed by atoms with van der Waals surface area (Å²) in [5.41, 5.74) is 3.33. The molecule has 1 unspecified atom stereocenters. The lowest BCUT2D eigenvalue weighted by atomic mass is 9.85. The second-order valence-electron chi connectivity index (χ2n) is 8.22. The summed E-state index contributed by atoms with van der Waals surface area (Å²) in [6, 6.07) is 34.1. The highest BCUT2D eigenvalue weighted by Crippen LogP contribution is 2.41. The van der Waals surface area contributed by atoms with Gasteiger partial charge in [-0.2, -0.15) is 0 Å². The zero-order valence-electron chi connectivity index (χ0n) is 18.9. The highest BCUT2D eigenvalue weighted by molar-refractivity contribution is 7.99. The maximum absolute atomic E-state index is 13.6. The standard InChI is InChI=1S/C30H25ClO2S/c1-21-9-8-14-24(19-21)28(34-26-17-15-25(31)16-18-26)20-27(29(32)22-10-4-2-5-11-22)30(33)23-12-6-3-7-13-23/h2-19,27-28H,20H2,1H3. The maximum atomic E-state index is 13.6. The first-order valence-corrected chi connectivity index (χ1v) is 12.4. The summed E-state index contributed by atoms with van der Waals surface area (Å²) in [5, 5.41) is 0.583. The number of carbonyl (C=O) groups excluding carboxylic acids is 2. The van der Waals surface area contributed by atoms with Gasteiger partial charge in [-0.25, -0.2) is 0 Å². The van der Waals surface area contributed by atoms with Gasteiger partial charge in [-0.3, -0.25) is 9.59 Å². The van der Waals surface area contributed by atoms with Crippen molar-refractivity contribution < 1.29 is 9.59 Å². The van der Waals surface area contributed by atoms with E-state index in [9.17, 15) is 9.59 Å². The van der Waals surface area contributed by atoms with Crippen molar-refractivity contribution in [1.82, 2.24) is 0 Å². The topological polar surface area (TPSA) is 34.1 Å². The molecule has 0 saturated carbocycles. The Bertz CT molecular complexity index is 1200. The van der Waals surface area contributed by atoms with Crippen LogP contribution in [0.3, 0.4) is 0 Å². The average Bonchev–Trinajstić information content (AvgIpc) is 2.88. The minimum Gasteiger partial charge on any atom is -0.293 e. The summed E-state index contributed by atoms with van der Waals surface area (Å²) >= 11 is 7.74. The molecular formula is C30H25ClO2S. The fourth-order valence-corrected chi connectivity index (χ4v) is 5.27. The lowest BCUT2D eigenvalue weighted by molar-refractivity contribution is 0.0799. The van der Waals surface area contributed by atoms with E-state index in [-0.39, 0.29) is 16.8 Å². The van der Waals surface area contributed by atoms with Crippen LogP contribution in [-0.2, 0) is 0 Å². The number of hydrogen-bond acceptors (Lipinski definition) is 3. The number of benzene rings is 4. The van der Waals surface area contributed by atoms with Gasteiger partial charge < -0.3 is 0 Å². The smallest absolute Gasteiger partial charge is 0.173 e. The minimum atomic E-state index is -0.796. The van der Waals surface area contributed by atoms with Gasteiger partial charge in [0.05, 0.1) is 5.92 Å². The van der Waals surface area contributed by atoms with Crippen molar-refractivity contribution in [3.8, 4) is 0 Å². The van der Waals surface area contributed by atoms with Gasteiger partial charge in [-0.15, -0.1) is 11.8 Å². The van der Waals surface area contributed by atoms with E-state index in [1.807, 2.05) is 66.7 Å². The monoisotopic (exact) mass is 484 g/mol. The van der Waals surface area contributed by atoms with Crippen LogP contribution in [0.1, 0.15) is 43.5 Å². The molecule has 0 fully saturated rings. The van der Waals surface area contributed by atoms with Crippen molar-refractivity contribution >= 4 is 34.9 Å². The molecule has 2 nitrogen and oxygen atoms in total. The number of ketones is 2. The first-order chi connectivity index (χ1) is 16.5. The molecule has 170 valence electrons. The van der Waals surface area contributed by atoms with Crippen molar-refractivity contribution in [3.05, 3.63) is 136 Å². The third kappa shape index (κ3) is 6.05. The number of halogens is 1. The fraction of sp³-hybridized carbons (Fsp3) is 0.133. The van der Waals surface area contributed by atoms with Crippen LogP contribution in [0.2, 0.25) is 5.02 Å². The number of carbonyl (C=O) groups is 2. The molecule has 0 bridgehead atoms. The molecule has 4 heteroatoms. The minimum absolute atomic E-state index is 0.0913. The van der Waals surface area contributed by atoms with Crippen LogP contribution in [-0.4, -0.2) is 11.6 Å². The number of aryl methyl sites for hydroxylation is 1. The summed E-state index contributed by atoms with van der Waals surface area (Å²) in [6.45, 7) is 2.05. The van der Waals surface area contributed by atoms with E-state index in [4.69, 9.17) is 11.6 Å². The van der Waals surface area contributed by atoms with Gasteiger partial charge in [0.25, 0.3) is 0 Å². The molecule has 0 aliphatic heterocycles. The Morgan fingerprint density at radius 2 is 1.29 bits per heavy atom. The first-order valence-electron chi connectivity index (χ1n) is 11.2. The summed E-state index contributed by atoms with van der Waals surface area (Å²) < 4.78 is 0. The van der Waals surface area contributed by atoms with Gasteiger partial charge in [-0.1, -0.05) is 102 Å². The van der Waals surface area contributed by atoms with Crippen molar-refractivity contribution in [2.24, 2.45) is 5.92 Å². The van der Waals surface area contributed by atoms with Crippen LogP contribution < -0.4 is 0 Å². The van der Waals surface area contributed by atoms with Gasteiger partial charge in [-0.05, 0) is 43.2 Å². The molecule has 0 aliphatic carbocycles. The predicted molar refractivity (Wildman–Crippen MR) is 141 cm³/mol. The van der Waals surface area contributed by atoms with Crippen molar-refractivity contribution in [2.45, 2.75) is 23.5 Å². The van der Waals surface area contributed by atoms with E-state index in [2.05, 4.69) is 25.1 Å². The quantitative estimate of drug-likeness (QED) is 0.136. The Morgan fingerprint density at radius 1 is 0.735 bits per heavy atom. The van der Waals surface area contributed by atoms with Crippen LogP contribution in [0.25, 0.3) is 0 Å². The zero-order valence-corrected chi connectivity index (χ0v) is 20.4. The number of rotatable bonds is 9. The molecule has 0 aromatic heterocycles. The fourth-order valence-electron chi connectivity index (χ4n) is 3.95. The highest BCUT2D eigenvalue weighted by atomic mass is 35.5. The summed E-state index contributed by atoms with van der Waals surface area (Å²) in [7, 11) is 0. The van der Waals surface area contributed by atoms with E-state index in [0.717, 1.165) is 16.0 Å². The molecule has 0 spiro atoms. The normalized spacial score (nSPS) is 11.9. The highest BCUT2D eigenvalue weighted by Gasteiger charge is 2.32. The van der Waals surface area contributed by atoms with E-state index in [0.29, 0.717) is 22.6 Å². The maximum Gasteiger partial charge on any atom is 0.173 e. The van der Waals surface area contributed by atoms with Crippen molar-refractivity contribution in [1.29, 1.82) is 0 Å². The van der Waals surface area contributed by atoms with Crippen LogP contribution in [0, 0.1) is 12.8 Å². The van der Waals surface area contributed by atoms with Gasteiger partial charge in [0.1, 0.15) is 0 Å². The third-order valence-corrected chi connectivity index (χ3v) is 7.25. The molecule has 34 heavy (non-hydrogen) atoms. The van der Waals surface area contributed by atoms with E-state index < -0.39 is 5.92 Å². The summed E-state index contributed by atoms with van der Waals surface area (Å²) in [5.74, 6) is -1.09. The lowest BCUT2D eigenvalue weighted by Gasteiger charge is -2.23. The molecule has 0 aliphatic rings. The van der Waals surface area contributed by atoms with E-state index in [1.165, 1.54) is 0 Å². The van der Waals surface area contributed by atoms with Crippen molar-refractivity contribution in [3.63, 3.8) is 0 Å². The number of thioether (sulfide) groups is 1. The van der Waals surface area contributed by atoms with Crippen LogP contribution >= 0.6 is 23.4 Å².